The maximum Gasteiger partial charge on any atom is 0.430 e. The fourth-order valence-electron chi connectivity index (χ4n) is 3.45. The first-order valence-electron chi connectivity index (χ1n) is 8.85. The Morgan fingerprint density at radius 2 is 1.93 bits per heavy atom. The van der Waals surface area contributed by atoms with Crippen LogP contribution in [0.4, 0.5) is 15.6 Å². The second-order valence-corrected chi connectivity index (χ2v) is 7.43. The number of fused-ring (bicyclic) bond motifs is 3. The average molecular weight is 377 g/mol. The summed E-state index contributed by atoms with van der Waals surface area (Å²) >= 11 is 1.60. The van der Waals surface area contributed by atoms with Crippen molar-refractivity contribution in [3.8, 4) is 11.3 Å². The van der Waals surface area contributed by atoms with E-state index in [2.05, 4.69) is 40.8 Å². The number of primary amides is 1. The molecule has 0 aliphatic heterocycles. The standard InChI is InChI=1S/C21H20N4OS/c1-2-14-24-19-17-11-7-6-8-15(17)12-13-18(19)27-21(24)25(20(22)26)23-16-9-4-3-5-10-16/h2-11,23H,1,12-14H2,(H-,22,26)/p+1. The third-order valence-electron chi connectivity index (χ3n) is 4.61. The molecule has 1 heterocycles. The number of aromatic nitrogens is 1. The van der Waals surface area contributed by atoms with E-state index in [0.29, 0.717) is 6.54 Å². The molecule has 0 fully saturated rings. The van der Waals surface area contributed by atoms with Crippen molar-refractivity contribution in [3.63, 3.8) is 0 Å². The number of aryl methyl sites for hydroxylation is 2. The van der Waals surface area contributed by atoms with Gasteiger partial charge in [-0.3, -0.25) is 0 Å². The molecule has 2 amide bonds. The Kier molecular flexibility index (Phi) is 4.64. The first-order valence-corrected chi connectivity index (χ1v) is 9.66. The van der Waals surface area contributed by atoms with Gasteiger partial charge >= 0.3 is 11.2 Å². The molecule has 27 heavy (non-hydrogen) atoms. The highest BCUT2D eigenvalue weighted by Gasteiger charge is 2.35. The number of allylic oxidation sites excluding steroid dienone is 1. The van der Waals surface area contributed by atoms with Crippen LogP contribution in [0.15, 0.2) is 67.3 Å². The van der Waals surface area contributed by atoms with Crippen LogP contribution < -0.4 is 20.7 Å². The van der Waals surface area contributed by atoms with E-state index in [0.717, 1.165) is 29.4 Å². The lowest BCUT2D eigenvalue weighted by Gasteiger charge is -2.16. The Morgan fingerprint density at radius 1 is 1.19 bits per heavy atom. The molecule has 136 valence electrons. The average Bonchev–Trinajstić information content (AvgIpc) is 3.05. The third-order valence-corrected chi connectivity index (χ3v) is 5.84. The summed E-state index contributed by atoms with van der Waals surface area (Å²) in [5, 5.41) is 2.18. The van der Waals surface area contributed by atoms with Gasteiger partial charge in [0.25, 0.3) is 0 Å². The number of nitrogens with one attached hydrogen (secondary N) is 1. The number of para-hydroxylation sites is 1. The molecule has 4 rings (SSSR count). The highest BCUT2D eigenvalue weighted by atomic mass is 32.1. The summed E-state index contributed by atoms with van der Waals surface area (Å²) in [7, 11) is 0. The molecular weight excluding hydrogens is 356 g/mol. The number of nitrogens with two attached hydrogens (primary N) is 1. The molecular formula is C21H21N4OS+. The van der Waals surface area contributed by atoms with E-state index in [1.54, 1.807) is 11.3 Å². The summed E-state index contributed by atoms with van der Waals surface area (Å²) in [5.74, 6) is 0. The van der Waals surface area contributed by atoms with Crippen molar-refractivity contribution in [2.24, 2.45) is 5.73 Å². The van der Waals surface area contributed by atoms with Gasteiger partial charge in [0, 0.05) is 5.56 Å². The first kappa shape index (κ1) is 17.3. The Bertz CT molecular complexity index is 997. The van der Waals surface area contributed by atoms with Crippen molar-refractivity contribution >= 4 is 28.2 Å². The van der Waals surface area contributed by atoms with E-state index in [1.807, 2.05) is 36.4 Å². The third kappa shape index (κ3) is 3.19. The van der Waals surface area contributed by atoms with Crippen LogP contribution in [0.25, 0.3) is 11.3 Å². The number of carbonyl (C=O) groups excluding carboxylic acids is 1. The monoisotopic (exact) mass is 377 g/mol. The summed E-state index contributed by atoms with van der Waals surface area (Å²) in [6.45, 7) is 4.49. The minimum atomic E-state index is -0.552. The molecule has 5 nitrogen and oxygen atoms in total. The summed E-state index contributed by atoms with van der Waals surface area (Å²) in [6.07, 6.45) is 3.79. The summed E-state index contributed by atoms with van der Waals surface area (Å²) in [5.41, 5.74) is 13.4. The lowest BCUT2D eigenvalue weighted by atomic mass is 9.93. The SMILES string of the molecule is C=CC[n+]1c(N(Nc2ccccc2)C(N)=O)sc2c1-c1ccccc1CC2. The lowest BCUT2D eigenvalue weighted by molar-refractivity contribution is -0.659. The van der Waals surface area contributed by atoms with Crippen LogP contribution in [0.5, 0.6) is 0 Å². The molecule has 0 bridgehead atoms. The van der Waals surface area contributed by atoms with Crippen LogP contribution in [0.2, 0.25) is 0 Å². The molecule has 3 aromatic rings. The summed E-state index contributed by atoms with van der Waals surface area (Å²) in [6, 6.07) is 17.4. The molecule has 0 atom stereocenters. The van der Waals surface area contributed by atoms with Gasteiger partial charge in [-0.15, -0.1) is 0 Å². The van der Waals surface area contributed by atoms with Gasteiger partial charge in [0.15, 0.2) is 0 Å². The molecule has 0 unspecified atom stereocenters. The lowest BCUT2D eigenvalue weighted by Crippen LogP contribution is -2.48. The van der Waals surface area contributed by atoms with Crippen LogP contribution in [-0.2, 0) is 19.4 Å². The molecule has 1 aliphatic carbocycles. The molecule has 0 spiro atoms. The smallest absolute Gasteiger partial charge is 0.329 e. The number of anilines is 2. The maximum absolute atomic E-state index is 12.3. The number of hydrazine groups is 1. The van der Waals surface area contributed by atoms with Crippen LogP contribution in [-0.4, -0.2) is 6.03 Å². The van der Waals surface area contributed by atoms with Gasteiger partial charge in [0.05, 0.1) is 10.6 Å². The van der Waals surface area contributed by atoms with Crippen LogP contribution >= 0.6 is 11.3 Å². The molecule has 1 aliphatic rings. The molecule has 1 aromatic heterocycles. The van der Waals surface area contributed by atoms with E-state index in [-0.39, 0.29) is 0 Å². The number of carbonyl (C=O) groups is 1. The van der Waals surface area contributed by atoms with Crippen molar-refractivity contribution in [2.75, 3.05) is 10.4 Å². The van der Waals surface area contributed by atoms with Gasteiger partial charge in [0.1, 0.15) is 12.2 Å². The predicted molar refractivity (Wildman–Crippen MR) is 110 cm³/mol. The number of amides is 2. The number of rotatable bonds is 5. The van der Waals surface area contributed by atoms with E-state index >= 15 is 0 Å². The Labute approximate surface area is 162 Å². The number of benzene rings is 2. The first-order chi connectivity index (χ1) is 13.2. The topological polar surface area (TPSA) is 62.2 Å². The van der Waals surface area contributed by atoms with Crippen molar-refractivity contribution < 1.29 is 9.36 Å². The number of thiazole rings is 1. The maximum atomic E-state index is 12.3. The van der Waals surface area contributed by atoms with Crippen molar-refractivity contribution in [2.45, 2.75) is 19.4 Å². The molecule has 0 radical (unpaired) electrons. The van der Waals surface area contributed by atoms with Gasteiger partial charge in [-0.05, 0) is 41.9 Å². The second-order valence-electron chi connectivity index (χ2n) is 6.36. The van der Waals surface area contributed by atoms with E-state index in [4.69, 9.17) is 5.73 Å². The molecule has 0 saturated carbocycles. The molecule has 0 saturated heterocycles. The van der Waals surface area contributed by atoms with Crippen molar-refractivity contribution in [1.29, 1.82) is 0 Å². The van der Waals surface area contributed by atoms with Gasteiger partial charge in [0.2, 0.25) is 0 Å². The van der Waals surface area contributed by atoms with E-state index < -0.39 is 6.03 Å². The van der Waals surface area contributed by atoms with Gasteiger partial charge in [-0.1, -0.05) is 60.1 Å². The van der Waals surface area contributed by atoms with E-state index in [9.17, 15) is 4.79 Å². The summed E-state index contributed by atoms with van der Waals surface area (Å²) < 4.78 is 2.12. The fraction of sp³-hybridized carbons (Fsp3) is 0.143. The Hall–Kier alpha value is -3.12. The van der Waals surface area contributed by atoms with Crippen LogP contribution in [0, 0.1) is 0 Å². The Morgan fingerprint density at radius 3 is 2.67 bits per heavy atom. The minimum Gasteiger partial charge on any atom is -0.329 e. The zero-order valence-corrected chi connectivity index (χ0v) is 15.7. The zero-order valence-electron chi connectivity index (χ0n) is 14.9. The summed E-state index contributed by atoms with van der Waals surface area (Å²) in [4.78, 5) is 13.5. The van der Waals surface area contributed by atoms with Gasteiger partial charge in [-0.25, -0.2) is 14.8 Å². The Balaban J connectivity index is 1.84. The number of urea groups is 1. The normalized spacial score (nSPS) is 12.0. The fourth-order valence-corrected chi connectivity index (χ4v) is 4.69. The second kappa shape index (κ2) is 7.25. The number of hydrogen-bond donors (Lipinski definition) is 2. The minimum absolute atomic E-state index is 0.552. The molecule has 6 heteroatoms. The number of hydrogen-bond acceptors (Lipinski definition) is 3. The quantitative estimate of drug-likeness (QED) is 0.402. The van der Waals surface area contributed by atoms with Gasteiger partial charge in [-0.2, -0.15) is 0 Å². The zero-order chi connectivity index (χ0) is 18.8. The highest BCUT2D eigenvalue weighted by molar-refractivity contribution is 7.15. The van der Waals surface area contributed by atoms with E-state index in [1.165, 1.54) is 21.0 Å². The van der Waals surface area contributed by atoms with Crippen LogP contribution in [0.1, 0.15) is 10.4 Å². The van der Waals surface area contributed by atoms with Crippen LogP contribution in [0.3, 0.4) is 0 Å². The number of nitrogens with zero attached hydrogens (tertiary/aromatic N) is 2. The van der Waals surface area contributed by atoms with Gasteiger partial charge < -0.3 is 5.73 Å². The molecule has 2 aromatic carbocycles. The van der Waals surface area contributed by atoms with Crippen molar-refractivity contribution in [3.05, 3.63) is 77.7 Å². The highest BCUT2D eigenvalue weighted by Crippen LogP contribution is 2.38. The largest absolute Gasteiger partial charge is 0.430 e. The predicted octanol–water partition coefficient (Wildman–Crippen LogP) is 3.90. The van der Waals surface area contributed by atoms with Crippen molar-refractivity contribution in [1.82, 2.24) is 0 Å². The molecule has 3 N–H and O–H groups in total.